The van der Waals surface area contributed by atoms with E-state index in [-0.39, 0.29) is 5.75 Å². The number of nitrogens with zero attached hydrogens (tertiary/aromatic N) is 2. The first-order valence-corrected chi connectivity index (χ1v) is 9.11. The Morgan fingerprint density at radius 2 is 1.93 bits per heavy atom. The minimum atomic E-state index is -4.89. The molecule has 152 valence electrons. The molecule has 0 saturated carbocycles. The van der Waals surface area contributed by atoms with Gasteiger partial charge in [0.1, 0.15) is 17.1 Å². The number of aromatic nitrogens is 1. The van der Waals surface area contributed by atoms with Crippen molar-refractivity contribution in [3.8, 4) is 11.5 Å². The number of nitrogens with two attached hydrogens (primary N) is 1. The van der Waals surface area contributed by atoms with Crippen molar-refractivity contribution in [1.82, 2.24) is 4.98 Å². The fraction of sp³-hybridized carbons (Fsp3) is 0.167. The maximum Gasteiger partial charge on any atom is 0.423 e. The zero-order valence-electron chi connectivity index (χ0n) is 14.7. The number of hydrogen-bond acceptors (Lipinski definition) is 7. The number of hydrogen-bond donors (Lipinski definition) is 1. The number of alkyl halides is 3. The minimum Gasteiger partial charge on any atom is -0.457 e. The molecule has 0 fully saturated rings. The molecule has 1 heterocycles. The summed E-state index contributed by atoms with van der Waals surface area (Å²) < 4.78 is 49.9. The molecule has 0 aliphatic heterocycles. The van der Waals surface area contributed by atoms with Crippen molar-refractivity contribution in [3.05, 3.63) is 64.3 Å². The fourth-order valence-electron chi connectivity index (χ4n) is 2.56. The van der Waals surface area contributed by atoms with Crippen molar-refractivity contribution in [2.24, 2.45) is 5.73 Å². The molecule has 0 radical (unpaired) electrons. The summed E-state index contributed by atoms with van der Waals surface area (Å²) in [7, 11) is 0. The topological polar surface area (TPSA) is 101 Å². The quantitative estimate of drug-likeness (QED) is 0.256. The summed E-state index contributed by atoms with van der Waals surface area (Å²) in [5.74, 6) is 0.611. The molecule has 0 saturated heterocycles. The lowest BCUT2D eigenvalue weighted by atomic mass is 10.1. The Hall–Kier alpha value is -3.05. The molecule has 0 unspecified atom stereocenters. The van der Waals surface area contributed by atoms with E-state index >= 15 is 0 Å². The van der Waals surface area contributed by atoms with Gasteiger partial charge in [-0.15, -0.1) is 11.8 Å². The van der Waals surface area contributed by atoms with Gasteiger partial charge in [0.2, 0.25) is 6.79 Å². The Bertz CT molecular complexity index is 1050. The van der Waals surface area contributed by atoms with Crippen LogP contribution in [0.2, 0.25) is 0 Å². The van der Waals surface area contributed by atoms with E-state index < -0.39 is 29.1 Å². The normalized spacial score (nSPS) is 11.4. The highest BCUT2D eigenvalue weighted by molar-refractivity contribution is 7.99. The standard InChI is InChI=1S/C18H14F3N3O4S/c19-18(20,21)14-7-11(1-4-16(14)24(25)26)27-10-28-17-5-6-23-15-3-2-12(29-9-22)8-13(15)17/h1-8H,9-10,22H2. The van der Waals surface area contributed by atoms with Gasteiger partial charge >= 0.3 is 6.18 Å². The Kier molecular flexibility index (Phi) is 6.09. The lowest BCUT2D eigenvalue weighted by Crippen LogP contribution is -2.11. The van der Waals surface area contributed by atoms with Gasteiger partial charge in [0.05, 0.1) is 10.4 Å². The van der Waals surface area contributed by atoms with Crippen molar-refractivity contribution in [2.45, 2.75) is 11.1 Å². The first-order chi connectivity index (χ1) is 13.8. The molecule has 3 aromatic rings. The number of fused-ring (bicyclic) bond motifs is 1. The van der Waals surface area contributed by atoms with Crippen LogP contribution in [0.15, 0.2) is 53.6 Å². The Balaban J connectivity index is 1.78. The van der Waals surface area contributed by atoms with Crippen LogP contribution in [0.1, 0.15) is 5.56 Å². The van der Waals surface area contributed by atoms with Gasteiger partial charge in [0, 0.05) is 28.4 Å². The van der Waals surface area contributed by atoms with Crippen LogP contribution in [0.3, 0.4) is 0 Å². The Morgan fingerprint density at radius 3 is 2.62 bits per heavy atom. The van der Waals surface area contributed by atoms with Gasteiger partial charge in [-0.05, 0) is 36.4 Å². The van der Waals surface area contributed by atoms with Crippen molar-refractivity contribution < 1.29 is 27.6 Å². The molecule has 0 aliphatic rings. The van der Waals surface area contributed by atoms with E-state index in [1.54, 1.807) is 12.1 Å². The van der Waals surface area contributed by atoms with E-state index in [9.17, 15) is 23.3 Å². The molecule has 3 rings (SSSR count). The highest BCUT2D eigenvalue weighted by atomic mass is 32.2. The molecule has 0 bridgehead atoms. The number of rotatable bonds is 7. The van der Waals surface area contributed by atoms with E-state index in [2.05, 4.69) is 4.98 Å². The van der Waals surface area contributed by atoms with Gasteiger partial charge in [-0.1, -0.05) is 0 Å². The zero-order valence-corrected chi connectivity index (χ0v) is 15.5. The summed E-state index contributed by atoms with van der Waals surface area (Å²) in [6.07, 6.45) is -3.36. The number of thioether (sulfide) groups is 1. The van der Waals surface area contributed by atoms with E-state index in [1.807, 2.05) is 12.1 Å². The number of pyridine rings is 1. The van der Waals surface area contributed by atoms with Gasteiger partial charge in [-0.25, -0.2) is 0 Å². The average molecular weight is 425 g/mol. The van der Waals surface area contributed by atoms with Crippen LogP contribution in [-0.2, 0) is 6.18 Å². The maximum absolute atomic E-state index is 13.0. The molecular formula is C18H14F3N3O4S. The van der Waals surface area contributed by atoms with Gasteiger partial charge in [-0.2, -0.15) is 13.2 Å². The molecule has 2 aromatic carbocycles. The number of ether oxygens (including phenoxy) is 2. The predicted octanol–water partition coefficient (Wildman–Crippen LogP) is 4.59. The second-order valence-corrected chi connectivity index (χ2v) is 6.73. The van der Waals surface area contributed by atoms with Crippen LogP contribution in [-0.4, -0.2) is 22.6 Å². The average Bonchev–Trinajstić information content (AvgIpc) is 2.67. The highest BCUT2D eigenvalue weighted by Crippen LogP contribution is 2.38. The van der Waals surface area contributed by atoms with Crippen LogP contribution in [0.5, 0.6) is 11.5 Å². The second-order valence-electron chi connectivity index (χ2n) is 5.64. The van der Waals surface area contributed by atoms with Gasteiger partial charge in [0.25, 0.3) is 5.69 Å². The Morgan fingerprint density at radius 1 is 1.14 bits per heavy atom. The van der Waals surface area contributed by atoms with E-state index in [1.165, 1.54) is 18.0 Å². The van der Waals surface area contributed by atoms with Crippen LogP contribution in [0.4, 0.5) is 18.9 Å². The zero-order chi connectivity index (χ0) is 21.0. The van der Waals surface area contributed by atoms with Crippen molar-refractivity contribution in [1.29, 1.82) is 0 Å². The molecule has 11 heteroatoms. The van der Waals surface area contributed by atoms with Crippen LogP contribution in [0.25, 0.3) is 10.9 Å². The molecule has 2 N–H and O–H groups in total. The van der Waals surface area contributed by atoms with E-state index in [0.717, 1.165) is 17.0 Å². The highest BCUT2D eigenvalue weighted by Gasteiger charge is 2.38. The summed E-state index contributed by atoms with van der Waals surface area (Å²) in [6.45, 7) is -0.400. The third kappa shape index (κ3) is 4.87. The van der Waals surface area contributed by atoms with Crippen molar-refractivity contribution in [2.75, 3.05) is 12.7 Å². The molecule has 0 aliphatic carbocycles. The third-order valence-corrected chi connectivity index (χ3v) is 4.59. The summed E-state index contributed by atoms with van der Waals surface area (Å²) in [5.41, 5.74) is 3.76. The molecule has 1 aromatic heterocycles. The minimum absolute atomic E-state index is 0.208. The smallest absolute Gasteiger partial charge is 0.423 e. The van der Waals surface area contributed by atoms with Crippen LogP contribution < -0.4 is 15.2 Å². The molecule has 0 spiro atoms. The summed E-state index contributed by atoms with van der Waals surface area (Å²) in [6, 6.07) is 9.49. The monoisotopic (exact) mass is 425 g/mol. The molecule has 29 heavy (non-hydrogen) atoms. The summed E-state index contributed by atoms with van der Waals surface area (Å²) >= 11 is 1.43. The first-order valence-electron chi connectivity index (χ1n) is 8.12. The molecule has 0 amide bonds. The van der Waals surface area contributed by atoms with Gasteiger partial charge in [0.15, 0.2) is 0 Å². The maximum atomic E-state index is 13.0. The summed E-state index contributed by atoms with van der Waals surface area (Å²) in [5, 5.41) is 11.5. The molecule has 7 nitrogen and oxygen atoms in total. The van der Waals surface area contributed by atoms with Crippen molar-refractivity contribution in [3.63, 3.8) is 0 Å². The third-order valence-electron chi connectivity index (χ3n) is 3.83. The summed E-state index contributed by atoms with van der Waals surface area (Å²) in [4.78, 5) is 14.8. The lowest BCUT2D eigenvalue weighted by molar-refractivity contribution is -0.388. The molecular weight excluding hydrogens is 411 g/mol. The lowest BCUT2D eigenvalue weighted by Gasteiger charge is -2.13. The number of nitro groups is 1. The number of halogens is 3. The number of nitro benzene ring substituents is 1. The SMILES string of the molecule is NCSc1ccc2nccc(OCOc3ccc([N+](=O)[O-])c(C(F)(F)F)c3)c2c1. The Labute approximate surface area is 166 Å². The first kappa shape index (κ1) is 20.7. The predicted molar refractivity (Wildman–Crippen MR) is 101 cm³/mol. The second kappa shape index (κ2) is 8.53. The van der Waals surface area contributed by atoms with Crippen LogP contribution in [0, 0.1) is 10.1 Å². The molecule has 0 atom stereocenters. The van der Waals surface area contributed by atoms with Crippen molar-refractivity contribution >= 4 is 28.4 Å². The number of benzene rings is 2. The van der Waals surface area contributed by atoms with Gasteiger partial charge in [-0.3, -0.25) is 15.1 Å². The van der Waals surface area contributed by atoms with E-state index in [0.29, 0.717) is 28.6 Å². The fourth-order valence-corrected chi connectivity index (χ4v) is 3.12. The van der Waals surface area contributed by atoms with E-state index in [4.69, 9.17) is 15.2 Å². The van der Waals surface area contributed by atoms with Crippen LogP contribution >= 0.6 is 11.8 Å². The largest absolute Gasteiger partial charge is 0.457 e. The van der Waals surface area contributed by atoms with Gasteiger partial charge < -0.3 is 15.2 Å².